The van der Waals surface area contributed by atoms with Gasteiger partial charge in [-0.3, -0.25) is 5.10 Å². The number of hydrogen-bond acceptors (Lipinski definition) is 4. The van der Waals surface area contributed by atoms with Crippen LogP contribution < -0.4 is 10.6 Å². The quantitative estimate of drug-likeness (QED) is 0.668. The Hall–Kier alpha value is -3.16. The fourth-order valence-corrected chi connectivity index (χ4v) is 2.38. The van der Waals surface area contributed by atoms with E-state index >= 15 is 0 Å². The van der Waals surface area contributed by atoms with Gasteiger partial charge in [0.05, 0.1) is 23.8 Å². The lowest BCUT2D eigenvalue weighted by Crippen LogP contribution is -2.37. The van der Waals surface area contributed by atoms with Gasteiger partial charge in [0.25, 0.3) is 0 Å². The SMILES string of the molecule is Cc1cc(CC(C)NC(=O)Nc2ccc(-n3ccnn3)cc2)n[nH]1. The third-order valence-electron chi connectivity index (χ3n) is 3.46. The molecule has 124 valence electrons. The highest BCUT2D eigenvalue weighted by Gasteiger charge is 2.10. The van der Waals surface area contributed by atoms with E-state index in [9.17, 15) is 4.79 Å². The Balaban J connectivity index is 1.52. The van der Waals surface area contributed by atoms with Crippen molar-refractivity contribution in [3.8, 4) is 5.69 Å². The van der Waals surface area contributed by atoms with Gasteiger partial charge in [0.1, 0.15) is 0 Å². The van der Waals surface area contributed by atoms with Gasteiger partial charge < -0.3 is 10.6 Å². The molecule has 0 aliphatic heterocycles. The van der Waals surface area contributed by atoms with Gasteiger partial charge >= 0.3 is 6.03 Å². The van der Waals surface area contributed by atoms with Gasteiger partial charge in [-0.05, 0) is 44.2 Å². The van der Waals surface area contributed by atoms with Crippen molar-refractivity contribution in [2.45, 2.75) is 26.3 Å². The molecule has 0 radical (unpaired) electrons. The molecule has 2 aromatic heterocycles. The van der Waals surface area contributed by atoms with Gasteiger partial charge in [0.15, 0.2) is 0 Å². The van der Waals surface area contributed by atoms with E-state index in [1.165, 1.54) is 0 Å². The van der Waals surface area contributed by atoms with Crippen LogP contribution in [0.15, 0.2) is 42.7 Å². The molecule has 8 heteroatoms. The number of nitrogens with zero attached hydrogens (tertiary/aromatic N) is 4. The Morgan fingerprint density at radius 1 is 1.33 bits per heavy atom. The van der Waals surface area contributed by atoms with Crippen molar-refractivity contribution in [1.29, 1.82) is 0 Å². The van der Waals surface area contributed by atoms with Gasteiger partial charge in [-0.15, -0.1) is 5.10 Å². The number of aryl methyl sites for hydroxylation is 1. The minimum absolute atomic E-state index is 0.0258. The number of benzene rings is 1. The molecule has 2 heterocycles. The predicted octanol–water partition coefficient (Wildman–Crippen LogP) is 2.05. The summed E-state index contributed by atoms with van der Waals surface area (Å²) >= 11 is 0. The molecule has 0 bridgehead atoms. The lowest BCUT2D eigenvalue weighted by molar-refractivity contribution is 0.249. The third kappa shape index (κ3) is 3.97. The highest BCUT2D eigenvalue weighted by atomic mass is 16.2. The van der Waals surface area contributed by atoms with Crippen molar-refractivity contribution in [3.63, 3.8) is 0 Å². The number of anilines is 1. The summed E-state index contributed by atoms with van der Waals surface area (Å²) in [6, 6.07) is 9.06. The molecule has 0 saturated heterocycles. The summed E-state index contributed by atoms with van der Waals surface area (Å²) in [5, 5.41) is 20.5. The Morgan fingerprint density at radius 2 is 2.12 bits per heavy atom. The van der Waals surface area contributed by atoms with E-state index in [0.717, 1.165) is 17.1 Å². The van der Waals surface area contributed by atoms with Crippen LogP contribution >= 0.6 is 0 Å². The van der Waals surface area contributed by atoms with Crippen LogP contribution in [0.25, 0.3) is 5.69 Å². The monoisotopic (exact) mass is 325 g/mol. The van der Waals surface area contributed by atoms with Gasteiger partial charge in [0, 0.05) is 23.8 Å². The van der Waals surface area contributed by atoms with Crippen molar-refractivity contribution in [2.75, 3.05) is 5.32 Å². The normalized spacial score (nSPS) is 11.9. The molecule has 1 atom stereocenters. The smallest absolute Gasteiger partial charge is 0.319 e. The summed E-state index contributed by atoms with van der Waals surface area (Å²) in [7, 11) is 0. The zero-order chi connectivity index (χ0) is 16.9. The molecule has 24 heavy (non-hydrogen) atoms. The lowest BCUT2D eigenvalue weighted by atomic mass is 10.2. The number of rotatable bonds is 5. The van der Waals surface area contributed by atoms with E-state index < -0.39 is 0 Å². The topological polar surface area (TPSA) is 101 Å². The number of carbonyl (C=O) groups excluding carboxylic acids is 1. The molecule has 3 N–H and O–H groups in total. The van der Waals surface area contributed by atoms with E-state index in [1.54, 1.807) is 17.1 Å². The highest BCUT2D eigenvalue weighted by molar-refractivity contribution is 5.89. The first-order chi connectivity index (χ1) is 11.6. The second-order valence-corrected chi connectivity index (χ2v) is 5.64. The molecule has 0 fully saturated rings. The van der Waals surface area contributed by atoms with Gasteiger partial charge in [0.2, 0.25) is 0 Å². The standard InChI is InChI=1S/C16H19N7O/c1-11(9-14-10-12(2)20-21-14)18-16(24)19-13-3-5-15(6-4-13)23-8-7-17-22-23/h3-8,10-11H,9H2,1-2H3,(H,20,21)(H2,18,19,24). The van der Waals surface area contributed by atoms with Crippen LogP contribution in [-0.2, 0) is 6.42 Å². The predicted molar refractivity (Wildman–Crippen MR) is 90.0 cm³/mol. The summed E-state index contributed by atoms with van der Waals surface area (Å²) in [6.45, 7) is 3.89. The Kier molecular flexibility index (Phi) is 4.55. The number of hydrogen-bond donors (Lipinski definition) is 3. The highest BCUT2D eigenvalue weighted by Crippen LogP contribution is 2.12. The van der Waals surface area contributed by atoms with Crippen LogP contribution in [0.2, 0.25) is 0 Å². The summed E-state index contributed by atoms with van der Waals surface area (Å²) < 4.78 is 1.65. The largest absolute Gasteiger partial charge is 0.335 e. The number of urea groups is 1. The van der Waals surface area contributed by atoms with Crippen molar-refractivity contribution in [3.05, 3.63) is 54.1 Å². The first kappa shape index (κ1) is 15.7. The minimum atomic E-state index is -0.247. The Bertz CT molecular complexity index is 792. The number of H-pyrrole nitrogens is 1. The summed E-state index contributed by atoms with van der Waals surface area (Å²) in [5.74, 6) is 0. The molecular formula is C16H19N7O. The fraction of sp³-hybridized carbons (Fsp3) is 0.250. The maximum absolute atomic E-state index is 12.1. The van der Waals surface area contributed by atoms with Crippen molar-refractivity contribution in [1.82, 2.24) is 30.5 Å². The second kappa shape index (κ2) is 6.95. The number of nitrogens with one attached hydrogen (secondary N) is 3. The van der Waals surface area contributed by atoms with E-state index in [0.29, 0.717) is 12.1 Å². The zero-order valence-electron chi connectivity index (χ0n) is 13.5. The lowest BCUT2D eigenvalue weighted by Gasteiger charge is -2.13. The van der Waals surface area contributed by atoms with Crippen molar-refractivity contribution < 1.29 is 4.79 Å². The molecule has 3 aromatic rings. The molecular weight excluding hydrogens is 306 g/mol. The third-order valence-corrected chi connectivity index (χ3v) is 3.46. The second-order valence-electron chi connectivity index (χ2n) is 5.64. The van der Waals surface area contributed by atoms with E-state index in [2.05, 4.69) is 31.1 Å². The van der Waals surface area contributed by atoms with E-state index in [-0.39, 0.29) is 12.1 Å². The van der Waals surface area contributed by atoms with Crippen LogP contribution in [0.3, 0.4) is 0 Å². The van der Waals surface area contributed by atoms with E-state index in [4.69, 9.17) is 0 Å². The Labute approximate surface area is 139 Å². The summed E-state index contributed by atoms with van der Waals surface area (Å²) in [4.78, 5) is 12.1. The van der Waals surface area contributed by atoms with Gasteiger partial charge in [-0.2, -0.15) is 5.10 Å². The summed E-state index contributed by atoms with van der Waals surface area (Å²) in [6.07, 6.45) is 4.04. The molecule has 3 rings (SSSR count). The molecule has 0 aliphatic rings. The zero-order valence-corrected chi connectivity index (χ0v) is 13.5. The fourth-order valence-electron chi connectivity index (χ4n) is 2.38. The molecule has 2 amide bonds. The van der Waals surface area contributed by atoms with E-state index in [1.807, 2.05) is 44.2 Å². The summed E-state index contributed by atoms with van der Waals surface area (Å²) in [5.41, 5.74) is 3.52. The molecule has 1 unspecified atom stereocenters. The van der Waals surface area contributed by atoms with Gasteiger partial charge in [-0.1, -0.05) is 5.21 Å². The molecule has 0 aliphatic carbocycles. The first-order valence-electron chi connectivity index (χ1n) is 7.65. The Morgan fingerprint density at radius 3 is 2.75 bits per heavy atom. The first-order valence-corrected chi connectivity index (χ1v) is 7.65. The van der Waals surface area contributed by atoms with Crippen LogP contribution in [0, 0.1) is 6.92 Å². The maximum Gasteiger partial charge on any atom is 0.319 e. The maximum atomic E-state index is 12.1. The van der Waals surface area contributed by atoms with Crippen molar-refractivity contribution in [2.24, 2.45) is 0 Å². The van der Waals surface area contributed by atoms with Crippen LogP contribution in [0.4, 0.5) is 10.5 Å². The minimum Gasteiger partial charge on any atom is -0.335 e. The van der Waals surface area contributed by atoms with Crippen LogP contribution in [-0.4, -0.2) is 37.3 Å². The number of carbonyl (C=O) groups is 1. The molecule has 0 spiro atoms. The number of aromatic amines is 1. The van der Waals surface area contributed by atoms with Crippen molar-refractivity contribution >= 4 is 11.7 Å². The number of amides is 2. The molecule has 1 aromatic carbocycles. The van der Waals surface area contributed by atoms with Gasteiger partial charge in [-0.25, -0.2) is 9.48 Å². The number of aromatic nitrogens is 5. The van der Waals surface area contributed by atoms with Crippen LogP contribution in [0.5, 0.6) is 0 Å². The van der Waals surface area contributed by atoms with Crippen LogP contribution in [0.1, 0.15) is 18.3 Å². The molecule has 8 nitrogen and oxygen atoms in total. The average molecular weight is 325 g/mol. The average Bonchev–Trinajstić information content (AvgIpc) is 3.20. The molecule has 0 saturated carbocycles.